The van der Waals surface area contributed by atoms with E-state index in [2.05, 4.69) is 11.4 Å². The molecule has 0 aliphatic heterocycles. The summed E-state index contributed by atoms with van der Waals surface area (Å²) in [5, 5.41) is 12.3. The molecule has 1 radical (unpaired) electrons. The van der Waals surface area contributed by atoms with E-state index in [1.165, 1.54) is 7.11 Å². The number of carbonyl (C=O) groups is 1. The number of ether oxygens (including phenoxy) is 1. The van der Waals surface area contributed by atoms with Crippen molar-refractivity contribution in [1.29, 1.82) is 0 Å². The highest BCUT2D eigenvalue weighted by Gasteiger charge is 2.08. The van der Waals surface area contributed by atoms with Crippen LogP contribution in [0, 0.1) is 6.07 Å². The Morgan fingerprint density at radius 2 is 2.22 bits per heavy atom. The highest BCUT2D eigenvalue weighted by Crippen LogP contribution is 2.33. The van der Waals surface area contributed by atoms with Crippen LogP contribution in [0.3, 0.4) is 0 Å². The number of anilines is 1. The molecule has 18 heavy (non-hydrogen) atoms. The Kier molecular flexibility index (Phi) is 3.48. The highest BCUT2D eigenvalue weighted by atomic mass is 16.5. The minimum Gasteiger partial charge on any atom is -0.507 e. The summed E-state index contributed by atoms with van der Waals surface area (Å²) in [4.78, 5) is 10.5. The molecule has 0 heterocycles. The van der Waals surface area contributed by atoms with Crippen LogP contribution >= 0.6 is 0 Å². The lowest BCUT2D eigenvalue weighted by Gasteiger charge is -2.10. The number of phenolic OH excluding ortho intramolecular Hbond substituents is 1. The number of benzene rings is 2. The molecule has 0 saturated carbocycles. The van der Waals surface area contributed by atoms with E-state index in [9.17, 15) is 9.90 Å². The second-order valence-electron chi connectivity index (χ2n) is 3.61. The first-order valence-electron chi connectivity index (χ1n) is 5.34. The molecule has 0 unspecified atom stereocenters. The van der Waals surface area contributed by atoms with E-state index < -0.39 is 0 Å². The average molecular weight is 242 g/mol. The maximum absolute atomic E-state index is 10.5. The molecule has 2 aromatic rings. The highest BCUT2D eigenvalue weighted by molar-refractivity contribution is 5.81. The summed E-state index contributed by atoms with van der Waals surface area (Å²) in [6.45, 7) is 0. The van der Waals surface area contributed by atoms with Crippen molar-refractivity contribution in [2.24, 2.45) is 0 Å². The lowest BCUT2D eigenvalue weighted by molar-refractivity contribution is -0.105. The monoisotopic (exact) mass is 242 g/mol. The molecule has 0 atom stereocenters. The number of aromatic hydroxyl groups is 1. The fourth-order valence-corrected chi connectivity index (χ4v) is 1.70. The van der Waals surface area contributed by atoms with Crippen LogP contribution in [0.4, 0.5) is 5.69 Å². The second kappa shape index (κ2) is 5.23. The zero-order valence-electron chi connectivity index (χ0n) is 9.81. The summed E-state index contributed by atoms with van der Waals surface area (Å²) >= 11 is 0. The maximum Gasteiger partial charge on any atom is 0.211 e. The molecule has 2 rings (SSSR count). The Morgan fingerprint density at radius 1 is 1.39 bits per heavy atom. The first-order valence-corrected chi connectivity index (χ1v) is 5.34. The van der Waals surface area contributed by atoms with E-state index in [1.54, 1.807) is 36.4 Å². The number of hydrogen-bond donors (Lipinski definition) is 2. The summed E-state index contributed by atoms with van der Waals surface area (Å²) in [7, 11) is 1.52. The number of carbonyl (C=O) groups excluding carboxylic acids is 1. The maximum atomic E-state index is 10.5. The first kappa shape index (κ1) is 12.0. The van der Waals surface area contributed by atoms with Crippen molar-refractivity contribution < 1.29 is 14.6 Å². The third-order valence-electron chi connectivity index (χ3n) is 2.54. The first-order chi connectivity index (χ1) is 8.76. The van der Waals surface area contributed by atoms with Crippen molar-refractivity contribution in [3.05, 3.63) is 42.5 Å². The third-order valence-corrected chi connectivity index (χ3v) is 2.54. The molecule has 2 N–H and O–H groups in total. The van der Waals surface area contributed by atoms with Crippen molar-refractivity contribution in [2.75, 3.05) is 12.4 Å². The molecular formula is C14H12NO3. The largest absolute Gasteiger partial charge is 0.507 e. The van der Waals surface area contributed by atoms with Crippen molar-refractivity contribution in [3.8, 4) is 22.6 Å². The molecule has 2 aromatic carbocycles. The van der Waals surface area contributed by atoms with Gasteiger partial charge in [-0.1, -0.05) is 18.2 Å². The van der Waals surface area contributed by atoms with Crippen molar-refractivity contribution in [1.82, 2.24) is 0 Å². The van der Waals surface area contributed by atoms with Gasteiger partial charge in [-0.05, 0) is 29.8 Å². The van der Waals surface area contributed by atoms with Crippen LogP contribution in [-0.2, 0) is 4.79 Å². The number of methoxy groups -OCH3 is 1. The molecule has 0 aliphatic rings. The number of nitrogens with one attached hydrogen (secondary N) is 1. The van der Waals surface area contributed by atoms with Crippen LogP contribution in [0.15, 0.2) is 36.4 Å². The van der Waals surface area contributed by atoms with E-state index in [4.69, 9.17) is 4.74 Å². The SMILES string of the molecule is COc1ccc(-c2[c]cccc2O)cc1NC=O. The Bertz CT molecular complexity index is 567. The minimum absolute atomic E-state index is 0.139. The molecule has 4 heteroatoms. The van der Waals surface area contributed by atoms with Crippen LogP contribution in [0.5, 0.6) is 11.5 Å². The number of phenols is 1. The van der Waals surface area contributed by atoms with Gasteiger partial charge in [0, 0.05) is 5.56 Å². The second-order valence-corrected chi connectivity index (χ2v) is 3.61. The number of hydrogen-bond acceptors (Lipinski definition) is 3. The fraction of sp³-hybridized carbons (Fsp3) is 0.0714. The zero-order valence-corrected chi connectivity index (χ0v) is 9.81. The van der Waals surface area contributed by atoms with Gasteiger partial charge in [0.25, 0.3) is 0 Å². The van der Waals surface area contributed by atoms with Crippen LogP contribution in [0.25, 0.3) is 11.1 Å². The van der Waals surface area contributed by atoms with Crippen molar-refractivity contribution >= 4 is 12.1 Å². The molecular weight excluding hydrogens is 230 g/mol. The fourth-order valence-electron chi connectivity index (χ4n) is 1.70. The van der Waals surface area contributed by atoms with Gasteiger partial charge < -0.3 is 15.2 Å². The van der Waals surface area contributed by atoms with Gasteiger partial charge in [0.15, 0.2) is 0 Å². The van der Waals surface area contributed by atoms with Gasteiger partial charge >= 0.3 is 0 Å². The summed E-state index contributed by atoms with van der Waals surface area (Å²) in [5.41, 5.74) is 1.87. The Labute approximate surface area is 105 Å². The van der Waals surface area contributed by atoms with Gasteiger partial charge in [0.05, 0.1) is 12.8 Å². The zero-order chi connectivity index (χ0) is 13.0. The summed E-state index contributed by atoms with van der Waals surface area (Å²) < 4.78 is 5.12. The molecule has 91 valence electrons. The predicted octanol–water partition coefficient (Wildman–Crippen LogP) is 2.44. The van der Waals surface area contributed by atoms with Crippen molar-refractivity contribution in [3.63, 3.8) is 0 Å². The van der Waals surface area contributed by atoms with Gasteiger partial charge in [0.1, 0.15) is 11.5 Å². The van der Waals surface area contributed by atoms with Gasteiger partial charge in [-0.25, -0.2) is 0 Å². The van der Waals surface area contributed by atoms with Gasteiger partial charge in [-0.2, -0.15) is 0 Å². The molecule has 1 amide bonds. The van der Waals surface area contributed by atoms with Crippen LogP contribution in [0.2, 0.25) is 0 Å². The van der Waals surface area contributed by atoms with E-state index in [1.807, 2.05) is 0 Å². The molecule has 0 saturated heterocycles. The number of amides is 1. The Balaban J connectivity index is 2.50. The number of rotatable bonds is 4. The van der Waals surface area contributed by atoms with E-state index in [0.29, 0.717) is 23.4 Å². The molecule has 0 bridgehead atoms. The lowest BCUT2D eigenvalue weighted by atomic mass is 10.0. The van der Waals surface area contributed by atoms with Crippen molar-refractivity contribution in [2.45, 2.75) is 0 Å². The summed E-state index contributed by atoms with van der Waals surface area (Å²) in [6.07, 6.45) is 0.580. The molecule has 0 aliphatic carbocycles. The Morgan fingerprint density at radius 3 is 2.89 bits per heavy atom. The molecule has 0 aromatic heterocycles. The summed E-state index contributed by atoms with van der Waals surface area (Å²) in [6, 6.07) is 13.2. The normalized spacial score (nSPS) is 9.83. The quantitative estimate of drug-likeness (QED) is 0.809. The minimum atomic E-state index is 0.139. The summed E-state index contributed by atoms with van der Waals surface area (Å²) in [5.74, 6) is 0.695. The lowest BCUT2D eigenvalue weighted by Crippen LogP contribution is -1.97. The van der Waals surface area contributed by atoms with E-state index >= 15 is 0 Å². The third kappa shape index (κ3) is 2.27. The average Bonchev–Trinajstić information content (AvgIpc) is 2.40. The molecule has 0 spiro atoms. The van der Waals surface area contributed by atoms with Crippen LogP contribution < -0.4 is 10.1 Å². The smallest absolute Gasteiger partial charge is 0.211 e. The topological polar surface area (TPSA) is 58.6 Å². The molecule has 0 fully saturated rings. The van der Waals surface area contributed by atoms with Crippen LogP contribution in [0.1, 0.15) is 0 Å². The van der Waals surface area contributed by atoms with Gasteiger partial charge in [0.2, 0.25) is 6.41 Å². The molecule has 4 nitrogen and oxygen atoms in total. The van der Waals surface area contributed by atoms with Crippen LogP contribution in [-0.4, -0.2) is 18.6 Å². The van der Waals surface area contributed by atoms with E-state index in [-0.39, 0.29) is 5.75 Å². The van der Waals surface area contributed by atoms with E-state index in [0.717, 1.165) is 5.56 Å². The predicted molar refractivity (Wildman–Crippen MR) is 68.6 cm³/mol. The van der Waals surface area contributed by atoms with Gasteiger partial charge in [-0.3, -0.25) is 4.79 Å². The standard InChI is InChI=1S/C14H12NO3/c1-18-14-7-6-10(8-12(14)15-9-16)11-4-2-3-5-13(11)17/h2-3,5-9,17H,1H3,(H,15,16). The Hall–Kier alpha value is -2.49. The van der Waals surface area contributed by atoms with Gasteiger partial charge in [-0.15, -0.1) is 0 Å².